The lowest BCUT2D eigenvalue weighted by Gasteiger charge is -2.15. The van der Waals surface area contributed by atoms with E-state index in [9.17, 15) is 8.78 Å². The lowest BCUT2D eigenvalue weighted by atomic mass is 10.1. The number of nitrogens with zero attached hydrogens (tertiary/aromatic N) is 3. The molecule has 1 aromatic carbocycles. The lowest BCUT2D eigenvalue weighted by molar-refractivity contribution is 0.216. The Morgan fingerprint density at radius 1 is 1.25 bits per heavy atom. The Balaban J connectivity index is 2.12. The van der Waals surface area contributed by atoms with Crippen LogP contribution in [0, 0.1) is 18.6 Å². The first-order valence-electron chi connectivity index (χ1n) is 7.73. The number of hydrogen-bond acceptors (Lipinski definition) is 3. The molecule has 0 saturated carbocycles. The van der Waals surface area contributed by atoms with Crippen LogP contribution in [-0.2, 0) is 0 Å². The highest BCUT2D eigenvalue weighted by Crippen LogP contribution is 2.25. The summed E-state index contributed by atoms with van der Waals surface area (Å²) in [5.74, 6) is -0.879. The number of aromatic nitrogens is 1. The van der Waals surface area contributed by atoms with Gasteiger partial charge in [-0.3, -0.25) is 0 Å². The second-order valence-electron chi connectivity index (χ2n) is 5.53. The summed E-state index contributed by atoms with van der Waals surface area (Å²) in [4.78, 5) is 10.7. The summed E-state index contributed by atoms with van der Waals surface area (Å²) in [6, 6.07) is 6.83. The second-order valence-corrected chi connectivity index (χ2v) is 5.53. The van der Waals surface area contributed by atoms with Crippen molar-refractivity contribution in [2.75, 3.05) is 13.6 Å². The summed E-state index contributed by atoms with van der Waals surface area (Å²) >= 11 is 0. The maximum atomic E-state index is 13.3. The first kappa shape index (κ1) is 17.8. The van der Waals surface area contributed by atoms with Gasteiger partial charge in [-0.05, 0) is 44.5 Å². The van der Waals surface area contributed by atoms with E-state index in [0.717, 1.165) is 18.3 Å². The summed E-state index contributed by atoms with van der Waals surface area (Å²) in [5, 5.41) is 0. The minimum atomic E-state index is -0.630. The van der Waals surface area contributed by atoms with E-state index in [-0.39, 0.29) is 0 Å². The molecule has 6 heteroatoms. The normalized spacial score (nSPS) is 12.4. The third-order valence-corrected chi connectivity index (χ3v) is 3.58. The maximum Gasteiger partial charge on any atom is 0.214 e. The smallest absolute Gasteiger partial charge is 0.214 e. The number of aryl methyl sites for hydroxylation is 1. The average molecular weight is 333 g/mol. The molecule has 0 aliphatic carbocycles. The largest absolute Gasteiger partial charge is 0.470 e. The van der Waals surface area contributed by atoms with E-state index in [4.69, 9.17) is 4.74 Å². The molecule has 128 valence electrons. The number of ether oxygens (including phenoxy) is 1. The molecule has 0 aliphatic rings. The standard InChI is InChI=1S/C18H21F2N3O/c1-5-23(4)11-21-17-6-7-18(22-12(17)2)24-13(3)14-8-15(19)10-16(20)9-14/h6-11,13H,5H2,1-4H3. The minimum Gasteiger partial charge on any atom is -0.470 e. The monoisotopic (exact) mass is 333 g/mol. The van der Waals surface area contributed by atoms with E-state index in [1.807, 2.05) is 25.8 Å². The van der Waals surface area contributed by atoms with Crippen molar-refractivity contribution < 1.29 is 13.5 Å². The predicted octanol–water partition coefficient (Wildman–Crippen LogP) is 4.42. The third kappa shape index (κ3) is 4.75. The van der Waals surface area contributed by atoms with Gasteiger partial charge in [0.05, 0.1) is 17.7 Å². The quantitative estimate of drug-likeness (QED) is 0.580. The number of hydrogen-bond donors (Lipinski definition) is 0. The van der Waals surface area contributed by atoms with Crippen LogP contribution in [0.5, 0.6) is 5.88 Å². The van der Waals surface area contributed by atoms with Crippen LogP contribution < -0.4 is 4.74 Å². The molecule has 0 spiro atoms. The summed E-state index contributed by atoms with van der Waals surface area (Å²) in [7, 11) is 1.93. The highest BCUT2D eigenvalue weighted by Gasteiger charge is 2.12. The Kier molecular flexibility index (Phi) is 5.84. The Morgan fingerprint density at radius 3 is 2.50 bits per heavy atom. The van der Waals surface area contributed by atoms with Gasteiger partial charge in [0.25, 0.3) is 0 Å². The SMILES string of the molecule is CCN(C)C=Nc1ccc(OC(C)c2cc(F)cc(F)c2)nc1C. The molecule has 0 radical (unpaired) electrons. The van der Waals surface area contributed by atoms with Crippen molar-refractivity contribution in [3.05, 3.63) is 53.2 Å². The lowest BCUT2D eigenvalue weighted by Crippen LogP contribution is -2.14. The predicted molar refractivity (Wildman–Crippen MR) is 90.8 cm³/mol. The maximum absolute atomic E-state index is 13.3. The topological polar surface area (TPSA) is 37.7 Å². The van der Waals surface area contributed by atoms with E-state index in [2.05, 4.69) is 9.98 Å². The van der Waals surface area contributed by atoms with Gasteiger partial charge in [-0.1, -0.05) is 0 Å². The van der Waals surface area contributed by atoms with Gasteiger partial charge in [0.2, 0.25) is 5.88 Å². The van der Waals surface area contributed by atoms with Crippen LogP contribution in [0.1, 0.15) is 31.2 Å². The second kappa shape index (κ2) is 7.86. The van der Waals surface area contributed by atoms with Crippen LogP contribution in [0.15, 0.2) is 35.3 Å². The Morgan fingerprint density at radius 2 is 1.92 bits per heavy atom. The van der Waals surface area contributed by atoms with Crippen LogP contribution in [0.2, 0.25) is 0 Å². The Hall–Kier alpha value is -2.50. The molecule has 2 aromatic rings. The molecular weight excluding hydrogens is 312 g/mol. The molecule has 1 unspecified atom stereocenters. The molecule has 1 heterocycles. The molecule has 0 N–H and O–H groups in total. The molecule has 4 nitrogen and oxygen atoms in total. The van der Waals surface area contributed by atoms with Crippen molar-refractivity contribution in [3.63, 3.8) is 0 Å². The zero-order valence-corrected chi connectivity index (χ0v) is 14.3. The Bertz CT molecular complexity index is 714. The third-order valence-electron chi connectivity index (χ3n) is 3.58. The van der Waals surface area contributed by atoms with Gasteiger partial charge in [0.1, 0.15) is 17.7 Å². The average Bonchev–Trinajstić information content (AvgIpc) is 2.52. The Labute approximate surface area is 140 Å². The molecular formula is C18H21F2N3O. The summed E-state index contributed by atoms with van der Waals surface area (Å²) < 4.78 is 32.3. The van der Waals surface area contributed by atoms with E-state index in [0.29, 0.717) is 17.1 Å². The van der Waals surface area contributed by atoms with Crippen LogP contribution in [-0.4, -0.2) is 29.8 Å². The highest BCUT2D eigenvalue weighted by atomic mass is 19.1. The molecule has 0 aliphatic heterocycles. The van der Waals surface area contributed by atoms with Gasteiger partial charge in [-0.2, -0.15) is 0 Å². The van der Waals surface area contributed by atoms with Crippen LogP contribution in [0.3, 0.4) is 0 Å². The number of rotatable bonds is 6. The van der Waals surface area contributed by atoms with E-state index in [1.54, 1.807) is 25.4 Å². The molecule has 0 bridgehead atoms. The minimum absolute atomic E-state index is 0.382. The van der Waals surface area contributed by atoms with Crippen LogP contribution in [0.25, 0.3) is 0 Å². The molecule has 1 atom stereocenters. The molecule has 1 aromatic heterocycles. The number of benzene rings is 1. The fraction of sp³-hybridized carbons (Fsp3) is 0.333. The van der Waals surface area contributed by atoms with Crippen molar-refractivity contribution in [2.24, 2.45) is 4.99 Å². The van der Waals surface area contributed by atoms with Gasteiger partial charge >= 0.3 is 0 Å². The van der Waals surface area contributed by atoms with E-state index >= 15 is 0 Å². The fourth-order valence-electron chi connectivity index (χ4n) is 2.03. The van der Waals surface area contributed by atoms with Crippen molar-refractivity contribution in [3.8, 4) is 5.88 Å². The van der Waals surface area contributed by atoms with Crippen molar-refractivity contribution in [1.82, 2.24) is 9.88 Å². The number of aliphatic imine (C=N–C) groups is 1. The highest BCUT2D eigenvalue weighted by molar-refractivity contribution is 5.62. The van der Waals surface area contributed by atoms with Crippen LogP contribution in [0.4, 0.5) is 14.5 Å². The van der Waals surface area contributed by atoms with Gasteiger partial charge in [-0.15, -0.1) is 0 Å². The zero-order valence-electron chi connectivity index (χ0n) is 14.3. The first-order chi connectivity index (χ1) is 11.4. The van der Waals surface area contributed by atoms with E-state index < -0.39 is 17.7 Å². The van der Waals surface area contributed by atoms with Gasteiger partial charge in [-0.25, -0.2) is 18.8 Å². The zero-order chi connectivity index (χ0) is 17.7. The molecule has 0 fully saturated rings. The van der Waals surface area contributed by atoms with Gasteiger partial charge in [0, 0.05) is 25.7 Å². The summed E-state index contributed by atoms with van der Waals surface area (Å²) in [6.45, 7) is 6.44. The number of halogens is 2. The van der Waals surface area contributed by atoms with Gasteiger partial charge in [0.15, 0.2) is 0 Å². The fourth-order valence-corrected chi connectivity index (χ4v) is 2.03. The molecule has 24 heavy (non-hydrogen) atoms. The summed E-state index contributed by atoms with van der Waals surface area (Å²) in [5.41, 5.74) is 1.87. The molecule has 2 rings (SSSR count). The van der Waals surface area contributed by atoms with E-state index in [1.165, 1.54) is 12.1 Å². The van der Waals surface area contributed by atoms with Crippen LogP contribution >= 0.6 is 0 Å². The molecule has 0 amide bonds. The van der Waals surface area contributed by atoms with Crippen molar-refractivity contribution >= 4 is 12.0 Å². The number of pyridine rings is 1. The van der Waals surface area contributed by atoms with Crippen molar-refractivity contribution in [2.45, 2.75) is 26.9 Å². The van der Waals surface area contributed by atoms with Gasteiger partial charge < -0.3 is 9.64 Å². The summed E-state index contributed by atoms with van der Waals surface area (Å²) in [6.07, 6.45) is 1.21. The first-order valence-corrected chi connectivity index (χ1v) is 7.73. The van der Waals surface area contributed by atoms with Crippen molar-refractivity contribution in [1.29, 1.82) is 0 Å². The molecule has 0 saturated heterocycles.